The summed E-state index contributed by atoms with van der Waals surface area (Å²) >= 11 is 0. The molecule has 0 amide bonds. The van der Waals surface area contributed by atoms with Gasteiger partial charge in [0.2, 0.25) is 0 Å². The number of nitrogens with two attached hydrogens (primary N) is 1. The van der Waals surface area contributed by atoms with E-state index in [9.17, 15) is 8.78 Å². The van der Waals surface area contributed by atoms with Gasteiger partial charge in [0.05, 0.1) is 13.2 Å². The summed E-state index contributed by atoms with van der Waals surface area (Å²) in [4.78, 5) is 0. The monoisotopic (exact) mass is 249 g/mol. The molecular formula is C14H13F2NO. The predicted octanol–water partition coefficient (Wildman–Crippen LogP) is 3.02. The van der Waals surface area contributed by atoms with Crippen LogP contribution in [0.1, 0.15) is 17.2 Å². The van der Waals surface area contributed by atoms with Crippen LogP contribution < -0.4 is 10.5 Å². The van der Waals surface area contributed by atoms with Gasteiger partial charge in [0.25, 0.3) is 0 Å². The highest BCUT2D eigenvalue weighted by atomic mass is 19.2. The Kier molecular flexibility index (Phi) is 3.58. The first-order valence-electron chi connectivity index (χ1n) is 5.46. The Morgan fingerprint density at radius 3 is 2.11 bits per heavy atom. The first-order valence-corrected chi connectivity index (χ1v) is 5.46. The molecule has 0 heterocycles. The van der Waals surface area contributed by atoms with Gasteiger partial charge in [-0.3, -0.25) is 0 Å². The first kappa shape index (κ1) is 12.5. The summed E-state index contributed by atoms with van der Waals surface area (Å²) in [7, 11) is 1.57. The van der Waals surface area contributed by atoms with Crippen molar-refractivity contribution in [1.82, 2.24) is 0 Å². The summed E-state index contributed by atoms with van der Waals surface area (Å²) in [6, 6.07) is 10.3. The van der Waals surface area contributed by atoms with E-state index in [-0.39, 0.29) is 0 Å². The number of hydrogen-bond donors (Lipinski definition) is 1. The molecule has 0 saturated carbocycles. The minimum absolute atomic E-state index is 0.494. The number of methoxy groups -OCH3 is 1. The van der Waals surface area contributed by atoms with Crippen LogP contribution in [0.3, 0.4) is 0 Å². The zero-order chi connectivity index (χ0) is 13.1. The SMILES string of the molecule is COc1ccc(C(N)c2ccc(F)c(F)c2)cc1. The summed E-state index contributed by atoms with van der Waals surface area (Å²) in [5.74, 6) is -1.05. The van der Waals surface area contributed by atoms with Gasteiger partial charge in [-0.15, -0.1) is 0 Å². The van der Waals surface area contributed by atoms with E-state index >= 15 is 0 Å². The van der Waals surface area contributed by atoms with Crippen molar-refractivity contribution in [2.24, 2.45) is 5.73 Å². The second kappa shape index (κ2) is 5.14. The van der Waals surface area contributed by atoms with Gasteiger partial charge in [-0.05, 0) is 35.4 Å². The Balaban J connectivity index is 2.28. The molecular weight excluding hydrogens is 236 g/mol. The lowest BCUT2D eigenvalue weighted by atomic mass is 9.99. The van der Waals surface area contributed by atoms with Crippen molar-refractivity contribution >= 4 is 0 Å². The van der Waals surface area contributed by atoms with Crippen molar-refractivity contribution in [2.75, 3.05) is 7.11 Å². The van der Waals surface area contributed by atoms with Gasteiger partial charge in [0, 0.05) is 0 Å². The van der Waals surface area contributed by atoms with Gasteiger partial charge in [-0.25, -0.2) is 8.78 Å². The third kappa shape index (κ3) is 2.49. The fourth-order valence-corrected chi connectivity index (χ4v) is 1.71. The largest absolute Gasteiger partial charge is 0.497 e. The van der Waals surface area contributed by atoms with Crippen molar-refractivity contribution in [1.29, 1.82) is 0 Å². The number of benzene rings is 2. The molecule has 2 rings (SSSR count). The zero-order valence-corrected chi connectivity index (χ0v) is 9.86. The van der Waals surface area contributed by atoms with Gasteiger partial charge >= 0.3 is 0 Å². The summed E-state index contributed by atoms with van der Waals surface area (Å²) < 4.78 is 31.0. The first-order chi connectivity index (χ1) is 8.61. The molecule has 0 bridgehead atoms. The molecule has 4 heteroatoms. The molecule has 1 atom stereocenters. The molecule has 2 nitrogen and oxygen atoms in total. The topological polar surface area (TPSA) is 35.2 Å². The van der Waals surface area contributed by atoms with Gasteiger partial charge in [0.15, 0.2) is 11.6 Å². The van der Waals surface area contributed by atoms with Crippen LogP contribution >= 0.6 is 0 Å². The lowest BCUT2D eigenvalue weighted by Crippen LogP contribution is -2.12. The molecule has 0 aliphatic heterocycles. The van der Waals surface area contributed by atoms with Gasteiger partial charge in [0.1, 0.15) is 5.75 Å². The minimum Gasteiger partial charge on any atom is -0.497 e. The van der Waals surface area contributed by atoms with Crippen LogP contribution in [-0.2, 0) is 0 Å². The lowest BCUT2D eigenvalue weighted by Gasteiger charge is -2.13. The maximum atomic E-state index is 13.1. The third-order valence-corrected chi connectivity index (χ3v) is 2.78. The van der Waals surface area contributed by atoms with Crippen molar-refractivity contribution in [2.45, 2.75) is 6.04 Å². The Morgan fingerprint density at radius 2 is 1.56 bits per heavy atom. The molecule has 0 aromatic heterocycles. The highest BCUT2D eigenvalue weighted by Crippen LogP contribution is 2.23. The summed E-state index contributed by atoms with van der Waals surface area (Å²) in [5.41, 5.74) is 7.33. The van der Waals surface area contributed by atoms with Gasteiger partial charge in [-0.1, -0.05) is 18.2 Å². The lowest BCUT2D eigenvalue weighted by molar-refractivity contribution is 0.414. The number of halogens is 2. The molecule has 2 aromatic rings. The van der Waals surface area contributed by atoms with Crippen LogP contribution in [0.25, 0.3) is 0 Å². The van der Waals surface area contributed by atoms with E-state index in [0.29, 0.717) is 5.56 Å². The second-order valence-electron chi connectivity index (χ2n) is 3.92. The van der Waals surface area contributed by atoms with Crippen molar-refractivity contribution < 1.29 is 13.5 Å². The molecule has 2 N–H and O–H groups in total. The predicted molar refractivity (Wildman–Crippen MR) is 65.4 cm³/mol. The molecule has 0 saturated heterocycles. The van der Waals surface area contributed by atoms with Crippen LogP contribution in [0.4, 0.5) is 8.78 Å². The van der Waals surface area contributed by atoms with Crippen LogP contribution in [0.2, 0.25) is 0 Å². The van der Waals surface area contributed by atoms with E-state index in [1.165, 1.54) is 6.07 Å². The fourth-order valence-electron chi connectivity index (χ4n) is 1.71. The molecule has 1 unspecified atom stereocenters. The molecule has 0 fully saturated rings. The van der Waals surface area contributed by atoms with Crippen LogP contribution in [-0.4, -0.2) is 7.11 Å². The Hall–Kier alpha value is -1.94. The van der Waals surface area contributed by atoms with Crippen LogP contribution in [0.15, 0.2) is 42.5 Å². The summed E-state index contributed by atoms with van der Waals surface area (Å²) in [6.07, 6.45) is 0. The Bertz CT molecular complexity index is 540. The van der Waals surface area contributed by atoms with Crippen LogP contribution in [0.5, 0.6) is 5.75 Å². The maximum Gasteiger partial charge on any atom is 0.159 e. The number of ether oxygens (including phenoxy) is 1. The maximum absolute atomic E-state index is 13.1. The highest BCUT2D eigenvalue weighted by molar-refractivity contribution is 5.35. The number of hydrogen-bond acceptors (Lipinski definition) is 2. The summed E-state index contributed by atoms with van der Waals surface area (Å²) in [5, 5.41) is 0. The normalized spacial score (nSPS) is 12.2. The molecule has 0 aliphatic rings. The highest BCUT2D eigenvalue weighted by Gasteiger charge is 2.11. The van der Waals surface area contributed by atoms with Crippen LogP contribution in [0, 0.1) is 11.6 Å². The molecule has 0 radical (unpaired) electrons. The van der Waals surface area contributed by atoms with E-state index in [1.54, 1.807) is 31.4 Å². The molecule has 18 heavy (non-hydrogen) atoms. The minimum atomic E-state index is -0.892. The third-order valence-electron chi connectivity index (χ3n) is 2.78. The van der Waals surface area contributed by atoms with E-state index in [1.807, 2.05) is 0 Å². The smallest absolute Gasteiger partial charge is 0.159 e. The Morgan fingerprint density at radius 1 is 0.944 bits per heavy atom. The van der Waals surface area contributed by atoms with E-state index < -0.39 is 17.7 Å². The quantitative estimate of drug-likeness (QED) is 0.907. The van der Waals surface area contributed by atoms with Crippen molar-refractivity contribution in [3.63, 3.8) is 0 Å². The van der Waals surface area contributed by atoms with Crippen molar-refractivity contribution in [3.05, 3.63) is 65.2 Å². The van der Waals surface area contributed by atoms with E-state index in [2.05, 4.69) is 0 Å². The average Bonchev–Trinajstić information content (AvgIpc) is 2.41. The number of rotatable bonds is 3. The van der Waals surface area contributed by atoms with Crippen molar-refractivity contribution in [3.8, 4) is 5.75 Å². The molecule has 0 aliphatic carbocycles. The Labute approximate surface area is 104 Å². The van der Waals surface area contributed by atoms with Gasteiger partial charge in [-0.2, -0.15) is 0 Å². The van der Waals surface area contributed by atoms with E-state index in [0.717, 1.165) is 23.4 Å². The molecule has 94 valence electrons. The average molecular weight is 249 g/mol. The molecule has 0 spiro atoms. The second-order valence-corrected chi connectivity index (χ2v) is 3.92. The summed E-state index contributed by atoms with van der Waals surface area (Å²) in [6.45, 7) is 0. The molecule has 2 aromatic carbocycles. The van der Waals surface area contributed by atoms with E-state index in [4.69, 9.17) is 10.5 Å². The van der Waals surface area contributed by atoms with Gasteiger partial charge < -0.3 is 10.5 Å². The fraction of sp³-hybridized carbons (Fsp3) is 0.143. The zero-order valence-electron chi connectivity index (χ0n) is 9.86. The standard InChI is InChI=1S/C14H13F2NO/c1-18-11-5-2-9(3-6-11)14(17)10-4-7-12(15)13(16)8-10/h2-8,14H,17H2,1H3.